The molecule has 4 nitrogen and oxygen atoms in total. The van der Waals surface area contributed by atoms with Gasteiger partial charge in [0.1, 0.15) is 11.4 Å². The summed E-state index contributed by atoms with van der Waals surface area (Å²) in [5, 5.41) is 20.6. The molecular formula is C22H30O4. The Hall–Kier alpha value is -1.81. The number of rotatable bonds is 5. The van der Waals surface area contributed by atoms with Crippen molar-refractivity contribution in [1.29, 1.82) is 0 Å². The van der Waals surface area contributed by atoms with Crippen LogP contribution in [0.5, 0.6) is 5.75 Å². The maximum Gasteiger partial charge on any atom is 0.336 e. The summed E-state index contributed by atoms with van der Waals surface area (Å²) >= 11 is 0. The van der Waals surface area contributed by atoms with Gasteiger partial charge in [0.15, 0.2) is 0 Å². The summed E-state index contributed by atoms with van der Waals surface area (Å²) in [5.41, 5.74) is 2.65. The van der Waals surface area contributed by atoms with E-state index in [-0.39, 0.29) is 23.0 Å². The average Bonchev–Trinajstić information content (AvgIpc) is 2.57. The van der Waals surface area contributed by atoms with Crippen LogP contribution in [0.4, 0.5) is 0 Å². The highest BCUT2D eigenvalue weighted by Crippen LogP contribution is 2.53. The van der Waals surface area contributed by atoms with Gasteiger partial charge in [-0.2, -0.15) is 0 Å². The minimum atomic E-state index is -0.990. The number of aliphatic hydroxyl groups excluding tert-OH is 1. The summed E-state index contributed by atoms with van der Waals surface area (Å²) in [4.78, 5) is 11.9. The molecule has 4 heteroatoms. The standard InChI is InChI=1S/C22H30O4/c1-5-6-7-17(23)19-14(21(24)25)9-11-18-20(19)15-12-13(2)8-10-16(15)22(3,4)26-18/h9,11-12,15-17,23H,5-8,10H2,1-4H3,(H,24,25). The van der Waals surface area contributed by atoms with Crippen LogP contribution in [-0.4, -0.2) is 21.8 Å². The van der Waals surface area contributed by atoms with Crippen molar-refractivity contribution in [2.75, 3.05) is 0 Å². The van der Waals surface area contributed by atoms with E-state index in [1.807, 2.05) is 0 Å². The van der Waals surface area contributed by atoms with Crippen LogP contribution in [0.1, 0.15) is 93.3 Å². The number of aliphatic hydroxyl groups is 1. The minimum Gasteiger partial charge on any atom is -0.487 e. The van der Waals surface area contributed by atoms with E-state index in [2.05, 4.69) is 33.8 Å². The molecule has 3 unspecified atom stereocenters. The van der Waals surface area contributed by atoms with E-state index < -0.39 is 12.1 Å². The molecule has 2 aliphatic rings. The average molecular weight is 358 g/mol. The molecule has 26 heavy (non-hydrogen) atoms. The molecule has 1 aliphatic heterocycles. The molecule has 1 aromatic carbocycles. The number of allylic oxidation sites excluding steroid dienone is 2. The summed E-state index contributed by atoms with van der Waals surface area (Å²) in [6, 6.07) is 3.35. The fourth-order valence-corrected chi connectivity index (χ4v) is 4.63. The molecule has 0 saturated carbocycles. The summed E-state index contributed by atoms with van der Waals surface area (Å²) in [7, 11) is 0. The van der Waals surface area contributed by atoms with Crippen molar-refractivity contribution in [3.05, 3.63) is 40.5 Å². The Morgan fingerprint density at radius 3 is 2.77 bits per heavy atom. The number of hydrogen-bond donors (Lipinski definition) is 2. The second-order valence-corrected chi connectivity index (χ2v) is 8.29. The maximum absolute atomic E-state index is 11.9. The number of aromatic carboxylic acids is 1. The fourth-order valence-electron chi connectivity index (χ4n) is 4.63. The zero-order valence-corrected chi connectivity index (χ0v) is 16.2. The number of carbonyl (C=O) groups is 1. The van der Waals surface area contributed by atoms with Gasteiger partial charge in [0.25, 0.3) is 0 Å². The molecule has 1 heterocycles. The zero-order chi connectivity index (χ0) is 19.1. The highest BCUT2D eigenvalue weighted by Gasteiger charge is 2.46. The largest absolute Gasteiger partial charge is 0.487 e. The van der Waals surface area contributed by atoms with Gasteiger partial charge in [0.2, 0.25) is 0 Å². The Kier molecular flexibility index (Phi) is 5.16. The topological polar surface area (TPSA) is 66.8 Å². The van der Waals surface area contributed by atoms with E-state index in [9.17, 15) is 15.0 Å². The molecule has 0 spiro atoms. The van der Waals surface area contributed by atoms with Crippen molar-refractivity contribution in [2.24, 2.45) is 5.92 Å². The molecule has 1 aliphatic carbocycles. The van der Waals surface area contributed by atoms with Crippen LogP contribution < -0.4 is 4.74 Å². The number of unbranched alkanes of at least 4 members (excludes halogenated alkanes) is 1. The summed E-state index contributed by atoms with van der Waals surface area (Å²) in [6.45, 7) is 8.42. The van der Waals surface area contributed by atoms with E-state index in [1.165, 1.54) is 5.57 Å². The molecule has 0 bridgehead atoms. The lowest BCUT2D eigenvalue weighted by molar-refractivity contribution is 0.0100. The van der Waals surface area contributed by atoms with Crippen LogP contribution in [-0.2, 0) is 0 Å². The van der Waals surface area contributed by atoms with E-state index >= 15 is 0 Å². The molecular weight excluding hydrogens is 328 g/mol. The quantitative estimate of drug-likeness (QED) is 0.708. The summed E-state index contributed by atoms with van der Waals surface area (Å²) in [6.07, 6.45) is 5.92. The van der Waals surface area contributed by atoms with Crippen molar-refractivity contribution < 1.29 is 19.7 Å². The van der Waals surface area contributed by atoms with Crippen molar-refractivity contribution in [3.63, 3.8) is 0 Å². The Balaban J connectivity index is 2.21. The SMILES string of the molecule is CCCCC(O)c1c(C(=O)O)ccc2c1C1C=C(C)CCC1C(C)(C)O2. The van der Waals surface area contributed by atoms with Gasteiger partial charge in [-0.05, 0) is 52.2 Å². The molecule has 0 amide bonds. The first-order valence-electron chi connectivity index (χ1n) is 9.70. The van der Waals surface area contributed by atoms with Crippen LogP contribution in [0.3, 0.4) is 0 Å². The lowest BCUT2D eigenvalue weighted by atomic mass is 9.66. The third kappa shape index (κ3) is 3.27. The Morgan fingerprint density at radius 2 is 2.12 bits per heavy atom. The van der Waals surface area contributed by atoms with Gasteiger partial charge in [0, 0.05) is 23.0 Å². The summed E-state index contributed by atoms with van der Waals surface area (Å²) in [5.74, 6) is 0.0990. The van der Waals surface area contributed by atoms with Crippen molar-refractivity contribution in [2.45, 2.75) is 77.4 Å². The van der Waals surface area contributed by atoms with Gasteiger partial charge in [-0.3, -0.25) is 0 Å². The number of benzene rings is 1. The van der Waals surface area contributed by atoms with Crippen LogP contribution in [0.15, 0.2) is 23.8 Å². The van der Waals surface area contributed by atoms with Crippen molar-refractivity contribution in [1.82, 2.24) is 0 Å². The number of carboxylic acids is 1. The number of ether oxygens (including phenoxy) is 1. The zero-order valence-electron chi connectivity index (χ0n) is 16.2. The molecule has 3 atom stereocenters. The van der Waals surface area contributed by atoms with E-state index in [1.54, 1.807) is 12.1 Å². The van der Waals surface area contributed by atoms with Gasteiger partial charge in [-0.1, -0.05) is 31.4 Å². The normalized spacial score (nSPS) is 24.7. The molecule has 0 radical (unpaired) electrons. The fraction of sp³-hybridized carbons (Fsp3) is 0.591. The van der Waals surface area contributed by atoms with Crippen LogP contribution in [0.25, 0.3) is 0 Å². The number of hydrogen-bond acceptors (Lipinski definition) is 3. The van der Waals surface area contributed by atoms with Crippen molar-refractivity contribution in [3.8, 4) is 5.75 Å². The van der Waals surface area contributed by atoms with Crippen molar-refractivity contribution >= 4 is 5.97 Å². The molecule has 0 fully saturated rings. The molecule has 2 N–H and O–H groups in total. The van der Waals surface area contributed by atoms with Gasteiger partial charge < -0.3 is 14.9 Å². The molecule has 0 saturated heterocycles. The predicted molar refractivity (Wildman–Crippen MR) is 102 cm³/mol. The first-order valence-corrected chi connectivity index (χ1v) is 9.70. The monoisotopic (exact) mass is 358 g/mol. The van der Waals surface area contributed by atoms with E-state index in [4.69, 9.17) is 4.74 Å². The Bertz CT molecular complexity index is 732. The highest BCUT2D eigenvalue weighted by molar-refractivity contribution is 5.90. The van der Waals surface area contributed by atoms with E-state index in [0.717, 1.165) is 37.0 Å². The predicted octanol–water partition coefficient (Wildman–Crippen LogP) is 5.22. The smallest absolute Gasteiger partial charge is 0.336 e. The first kappa shape index (κ1) is 19.0. The first-order chi connectivity index (χ1) is 12.3. The highest BCUT2D eigenvalue weighted by atomic mass is 16.5. The molecule has 1 aromatic rings. The van der Waals surface area contributed by atoms with Crippen LogP contribution in [0.2, 0.25) is 0 Å². The summed E-state index contributed by atoms with van der Waals surface area (Å²) < 4.78 is 6.32. The lowest BCUT2D eigenvalue weighted by Gasteiger charge is -2.47. The Morgan fingerprint density at radius 1 is 1.38 bits per heavy atom. The van der Waals surface area contributed by atoms with Gasteiger partial charge in [-0.25, -0.2) is 4.79 Å². The third-order valence-electron chi connectivity index (χ3n) is 5.99. The molecule has 142 valence electrons. The van der Waals surface area contributed by atoms with Gasteiger partial charge in [0.05, 0.1) is 11.7 Å². The minimum absolute atomic E-state index is 0.0908. The number of carboxylic acid groups (broad SMARTS) is 1. The Labute approximate surface area is 155 Å². The maximum atomic E-state index is 11.9. The van der Waals surface area contributed by atoms with Gasteiger partial charge in [-0.15, -0.1) is 0 Å². The second kappa shape index (κ2) is 7.07. The lowest BCUT2D eigenvalue weighted by Crippen LogP contribution is -2.45. The van der Waals surface area contributed by atoms with Gasteiger partial charge >= 0.3 is 5.97 Å². The molecule has 3 rings (SSSR count). The number of fused-ring (bicyclic) bond motifs is 3. The third-order valence-corrected chi connectivity index (χ3v) is 5.99. The molecule has 0 aromatic heterocycles. The van der Waals surface area contributed by atoms with Crippen LogP contribution in [0, 0.1) is 5.92 Å². The van der Waals surface area contributed by atoms with Crippen LogP contribution >= 0.6 is 0 Å². The van der Waals surface area contributed by atoms with E-state index in [0.29, 0.717) is 12.0 Å². The second-order valence-electron chi connectivity index (χ2n) is 8.29.